The first kappa shape index (κ1) is 17.1. The summed E-state index contributed by atoms with van der Waals surface area (Å²) in [5, 5.41) is 0. The second-order valence-corrected chi connectivity index (χ2v) is 6.95. The van der Waals surface area contributed by atoms with Gasteiger partial charge in [0.1, 0.15) is 11.6 Å². The molecule has 3 heterocycles. The fourth-order valence-electron chi connectivity index (χ4n) is 3.39. The van der Waals surface area contributed by atoms with Crippen LogP contribution in [0.2, 0.25) is 0 Å². The molecule has 0 fully saturated rings. The zero-order valence-corrected chi connectivity index (χ0v) is 16.1. The second-order valence-electron chi connectivity index (χ2n) is 6.95. The number of hydrogen-bond acceptors (Lipinski definition) is 4. The predicted octanol–water partition coefficient (Wildman–Crippen LogP) is 2.50. The van der Waals surface area contributed by atoms with Gasteiger partial charge in [0, 0.05) is 52.3 Å². The van der Waals surface area contributed by atoms with Crippen molar-refractivity contribution in [3.63, 3.8) is 0 Å². The van der Waals surface area contributed by atoms with E-state index in [1.807, 2.05) is 67.1 Å². The monoisotopic (exact) mass is 362 g/mol. The summed E-state index contributed by atoms with van der Waals surface area (Å²) in [5.41, 5.74) is 4.78. The first-order chi connectivity index (χ1) is 12.9. The number of imidazole rings is 2. The van der Waals surface area contributed by atoms with E-state index in [1.165, 1.54) is 0 Å². The molecule has 0 radical (unpaired) electrons. The zero-order chi connectivity index (χ0) is 19.3. The fourth-order valence-corrected chi connectivity index (χ4v) is 3.39. The topological polar surface area (TPSA) is 60.9 Å². The smallest absolute Gasteiger partial charge is 0.328 e. The van der Waals surface area contributed by atoms with Crippen molar-refractivity contribution in [3.05, 3.63) is 58.9 Å². The van der Waals surface area contributed by atoms with Gasteiger partial charge in [0.15, 0.2) is 0 Å². The molecule has 1 aromatic carbocycles. The SMILES string of the molecule is Cc1cc2c(cc1-n1ccnc1-c1ccc(N(C)C)nc1)n(C)c(=O)n2C. The van der Waals surface area contributed by atoms with E-state index < -0.39 is 0 Å². The lowest BCUT2D eigenvalue weighted by Crippen LogP contribution is -2.19. The van der Waals surface area contributed by atoms with Gasteiger partial charge in [-0.25, -0.2) is 14.8 Å². The van der Waals surface area contributed by atoms with E-state index in [0.29, 0.717) is 0 Å². The van der Waals surface area contributed by atoms with Crippen molar-refractivity contribution >= 4 is 16.9 Å². The Kier molecular flexibility index (Phi) is 3.87. The van der Waals surface area contributed by atoms with Gasteiger partial charge in [0.05, 0.1) is 16.7 Å². The van der Waals surface area contributed by atoms with Crippen LogP contribution < -0.4 is 10.6 Å². The Labute approximate surface area is 157 Å². The van der Waals surface area contributed by atoms with Crippen LogP contribution >= 0.6 is 0 Å². The molecule has 0 amide bonds. The van der Waals surface area contributed by atoms with Crippen LogP contribution in [0.1, 0.15) is 5.56 Å². The maximum Gasteiger partial charge on any atom is 0.328 e. The van der Waals surface area contributed by atoms with Crippen LogP contribution in [0, 0.1) is 6.92 Å². The summed E-state index contributed by atoms with van der Waals surface area (Å²) < 4.78 is 5.38. The van der Waals surface area contributed by atoms with E-state index in [0.717, 1.165) is 39.5 Å². The maximum absolute atomic E-state index is 12.3. The van der Waals surface area contributed by atoms with Crippen LogP contribution in [-0.4, -0.2) is 37.8 Å². The summed E-state index contributed by atoms with van der Waals surface area (Å²) in [4.78, 5) is 23.3. The molecule has 0 atom stereocenters. The highest BCUT2D eigenvalue weighted by Crippen LogP contribution is 2.27. The molecule has 27 heavy (non-hydrogen) atoms. The number of nitrogens with zero attached hydrogens (tertiary/aromatic N) is 6. The quantitative estimate of drug-likeness (QED) is 0.562. The highest BCUT2D eigenvalue weighted by molar-refractivity contribution is 5.80. The highest BCUT2D eigenvalue weighted by atomic mass is 16.1. The molecule has 4 aromatic rings. The number of aryl methyl sites for hydroxylation is 3. The number of pyridine rings is 1. The van der Waals surface area contributed by atoms with E-state index in [-0.39, 0.29) is 5.69 Å². The van der Waals surface area contributed by atoms with Gasteiger partial charge in [0.2, 0.25) is 0 Å². The molecule has 4 rings (SSSR count). The molecule has 0 saturated carbocycles. The molecule has 0 unspecified atom stereocenters. The van der Waals surface area contributed by atoms with Gasteiger partial charge in [-0.15, -0.1) is 0 Å². The van der Waals surface area contributed by atoms with Crippen LogP contribution in [0.15, 0.2) is 47.7 Å². The molecule has 0 aliphatic rings. The molecule has 138 valence electrons. The Balaban J connectivity index is 1.88. The Hall–Kier alpha value is -3.35. The third-order valence-electron chi connectivity index (χ3n) is 4.95. The van der Waals surface area contributed by atoms with Gasteiger partial charge < -0.3 is 4.90 Å². The second kappa shape index (κ2) is 6.12. The van der Waals surface area contributed by atoms with Crippen molar-refractivity contribution < 1.29 is 0 Å². The molecule has 7 heteroatoms. The van der Waals surface area contributed by atoms with Crippen LogP contribution in [-0.2, 0) is 14.1 Å². The average Bonchev–Trinajstić information content (AvgIpc) is 3.22. The van der Waals surface area contributed by atoms with E-state index in [4.69, 9.17) is 0 Å². The Morgan fingerprint density at radius 2 is 1.70 bits per heavy atom. The largest absolute Gasteiger partial charge is 0.363 e. The number of hydrogen-bond donors (Lipinski definition) is 0. The van der Waals surface area contributed by atoms with Gasteiger partial charge in [-0.2, -0.15) is 0 Å². The normalized spacial score (nSPS) is 11.3. The minimum atomic E-state index is -0.0316. The van der Waals surface area contributed by atoms with Crippen LogP contribution in [0.5, 0.6) is 0 Å². The number of rotatable bonds is 3. The predicted molar refractivity (Wildman–Crippen MR) is 108 cm³/mol. The average molecular weight is 362 g/mol. The van der Waals surface area contributed by atoms with Gasteiger partial charge in [-0.05, 0) is 36.8 Å². The van der Waals surface area contributed by atoms with Crippen molar-refractivity contribution in [1.29, 1.82) is 0 Å². The van der Waals surface area contributed by atoms with Crippen molar-refractivity contribution in [3.8, 4) is 17.1 Å². The summed E-state index contributed by atoms with van der Waals surface area (Å²) in [5.74, 6) is 1.71. The Bertz CT molecular complexity index is 1190. The van der Waals surface area contributed by atoms with Gasteiger partial charge in [-0.3, -0.25) is 13.7 Å². The van der Waals surface area contributed by atoms with E-state index in [9.17, 15) is 4.79 Å². The molecule has 0 bridgehead atoms. The standard InChI is InChI=1S/C20H22N6O/c1-13-10-16-17(25(5)20(27)24(16)4)11-15(13)26-9-8-21-19(26)14-6-7-18(22-12-14)23(2)3/h6-12H,1-5H3. The fraction of sp³-hybridized carbons (Fsp3) is 0.250. The molecule has 0 N–H and O–H groups in total. The van der Waals surface area contributed by atoms with E-state index >= 15 is 0 Å². The molecule has 0 aliphatic carbocycles. The molecule has 3 aromatic heterocycles. The first-order valence-electron chi connectivity index (χ1n) is 8.72. The van der Waals surface area contributed by atoms with Gasteiger partial charge in [0.25, 0.3) is 0 Å². The molecular weight excluding hydrogens is 340 g/mol. The van der Waals surface area contributed by atoms with Gasteiger partial charge >= 0.3 is 5.69 Å². The van der Waals surface area contributed by atoms with Crippen molar-refractivity contribution in [2.24, 2.45) is 14.1 Å². The maximum atomic E-state index is 12.3. The third kappa shape index (κ3) is 2.63. The first-order valence-corrected chi connectivity index (χ1v) is 8.72. The van der Waals surface area contributed by atoms with Crippen LogP contribution in [0.3, 0.4) is 0 Å². The minimum absolute atomic E-state index is 0.0316. The molecule has 0 saturated heterocycles. The molecule has 7 nitrogen and oxygen atoms in total. The summed E-state index contributed by atoms with van der Waals surface area (Å²) in [6.45, 7) is 2.05. The minimum Gasteiger partial charge on any atom is -0.363 e. The lowest BCUT2D eigenvalue weighted by atomic mass is 10.1. The number of fused-ring (bicyclic) bond motifs is 1. The summed E-state index contributed by atoms with van der Waals surface area (Å²) >= 11 is 0. The molecular formula is C20H22N6O. The lowest BCUT2D eigenvalue weighted by Gasteiger charge is -2.14. The zero-order valence-electron chi connectivity index (χ0n) is 16.1. The molecule has 0 aliphatic heterocycles. The van der Waals surface area contributed by atoms with Crippen LogP contribution in [0.25, 0.3) is 28.1 Å². The Morgan fingerprint density at radius 3 is 2.33 bits per heavy atom. The van der Waals surface area contributed by atoms with Crippen molar-refractivity contribution in [2.75, 3.05) is 19.0 Å². The Morgan fingerprint density at radius 1 is 1.00 bits per heavy atom. The van der Waals surface area contributed by atoms with E-state index in [2.05, 4.69) is 9.97 Å². The highest BCUT2D eigenvalue weighted by Gasteiger charge is 2.15. The van der Waals surface area contributed by atoms with Crippen molar-refractivity contribution in [1.82, 2.24) is 23.7 Å². The van der Waals surface area contributed by atoms with E-state index in [1.54, 1.807) is 29.4 Å². The number of anilines is 1. The lowest BCUT2D eigenvalue weighted by molar-refractivity contribution is 0.795. The molecule has 0 spiro atoms. The van der Waals surface area contributed by atoms with Crippen molar-refractivity contribution in [2.45, 2.75) is 6.92 Å². The van der Waals surface area contributed by atoms with Gasteiger partial charge in [-0.1, -0.05) is 0 Å². The summed E-state index contributed by atoms with van der Waals surface area (Å²) in [6.07, 6.45) is 5.55. The van der Waals surface area contributed by atoms with Crippen LogP contribution in [0.4, 0.5) is 5.82 Å². The summed E-state index contributed by atoms with van der Waals surface area (Å²) in [6, 6.07) is 8.08. The number of aromatic nitrogens is 5. The third-order valence-corrected chi connectivity index (χ3v) is 4.95. The summed E-state index contributed by atoms with van der Waals surface area (Å²) in [7, 11) is 7.52. The number of benzene rings is 1.